The van der Waals surface area contributed by atoms with Crippen molar-refractivity contribution in [2.75, 3.05) is 13.2 Å². The zero-order chi connectivity index (χ0) is 19.6. The molecule has 1 aromatic carbocycles. The lowest BCUT2D eigenvalue weighted by atomic mass is 10.3. The summed E-state index contributed by atoms with van der Waals surface area (Å²) in [5, 5.41) is 2.62. The number of amides is 2. The maximum atomic E-state index is 11.6. The summed E-state index contributed by atoms with van der Waals surface area (Å²) in [5.74, 6) is -1.17. The molecule has 0 aliphatic heterocycles. The zero-order valence-corrected chi connectivity index (χ0v) is 16.3. The Morgan fingerprint density at radius 2 is 1.93 bits per heavy atom. The van der Waals surface area contributed by atoms with Crippen LogP contribution >= 0.6 is 34.5 Å². The van der Waals surface area contributed by atoms with Gasteiger partial charge in [-0.1, -0.05) is 29.3 Å². The summed E-state index contributed by atoms with van der Waals surface area (Å²) < 4.78 is 10.3. The van der Waals surface area contributed by atoms with Crippen LogP contribution in [0.15, 0.2) is 35.7 Å². The van der Waals surface area contributed by atoms with Crippen LogP contribution in [0.25, 0.3) is 0 Å². The Bertz CT molecular complexity index is 799. The third-order valence-electron chi connectivity index (χ3n) is 3.10. The number of hydrogen-bond acceptors (Lipinski definition) is 6. The first-order valence-electron chi connectivity index (χ1n) is 7.82. The maximum absolute atomic E-state index is 11.6. The molecule has 0 aliphatic carbocycles. The zero-order valence-electron chi connectivity index (χ0n) is 14.0. The highest BCUT2D eigenvalue weighted by Crippen LogP contribution is 2.27. The first kappa shape index (κ1) is 21.0. The molecule has 7 nitrogen and oxygen atoms in total. The number of ether oxygens (including phenoxy) is 2. The van der Waals surface area contributed by atoms with E-state index in [9.17, 15) is 14.4 Å². The van der Waals surface area contributed by atoms with Crippen molar-refractivity contribution in [1.29, 1.82) is 0 Å². The predicted octanol–water partition coefficient (Wildman–Crippen LogP) is 3.22. The topological polar surface area (TPSA) is 93.7 Å². The molecular formula is C17H16Cl2N2O5S. The number of hydrazine groups is 1. The Kier molecular flexibility index (Phi) is 8.38. The van der Waals surface area contributed by atoms with Crippen LogP contribution in [-0.4, -0.2) is 31.0 Å². The minimum Gasteiger partial charge on any atom is -0.492 e. The van der Waals surface area contributed by atoms with Gasteiger partial charge in [-0.3, -0.25) is 25.2 Å². The molecule has 0 unspecified atom stereocenters. The quantitative estimate of drug-likeness (QED) is 0.380. The molecule has 0 saturated heterocycles. The second-order valence-electron chi connectivity index (χ2n) is 5.17. The smallest absolute Gasteiger partial charge is 0.306 e. The van der Waals surface area contributed by atoms with Crippen LogP contribution in [0.3, 0.4) is 0 Å². The Labute approximate surface area is 169 Å². The van der Waals surface area contributed by atoms with Crippen molar-refractivity contribution in [1.82, 2.24) is 10.9 Å². The van der Waals surface area contributed by atoms with E-state index < -0.39 is 24.4 Å². The standard InChI is InChI=1S/C17H16Cl2N2O5S/c18-11-5-6-13(12(19)9-11)25-7-1-4-16(23)26-10-15(22)20-21-17(24)14-3-2-8-27-14/h2-3,5-6,8-9H,1,4,7,10H2,(H,20,22)(H,21,24). The van der Waals surface area contributed by atoms with E-state index in [1.54, 1.807) is 35.7 Å². The Morgan fingerprint density at radius 3 is 2.63 bits per heavy atom. The summed E-state index contributed by atoms with van der Waals surface area (Å²) in [6.45, 7) is -0.243. The van der Waals surface area contributed by atoms with Gasteiger partial charge in [-0.15, -0.1) is 11.3 Å². The fraction of sp³-hybridized carbons (Fsp3) is 0.235. The molecule has 2 amide bonds. The van der Waals surface area contributed by atoms with E-state index in [4.69, 9.17) is 32.7 Å². The van der Waals surface area contributed by atoms with Gasteiger partial charge in [-0.2, -0.15) is 0 Å². The van der Waals surface area contributed by atoms with E-state index in [2.05, 4.69) is 10.9 Å². The minimum absolute atomic E-state index is 0.0695. The summed E-state index contributed by atoms with van der Waals surface area (Å²) >= 11 is 13.0. The van der Waals surface area contributed by atoms with Crippen molar-refractivity contribution < 1.29 is 23.9 Å². The number of rotatable bonds is 8. The van der Waals surface area contributed by atoms with Gasteiger partial charge in [0.2, 0.25) is 0 Å². The summed E-state index contributed by atoms with van der Waals surface area (Å²) in [5.41, 5.74) is 4.39. The number of esters is 1. The van der Waals surface area contributed by atoms with Crippen molar-refractivity contribution in [3.05, 3.63) is 50.6 Å². The second-order valence-corrected chi connectivity index (χ2v) is 6.96. The average Bonchev–Trinajstić information content (AvgIpc) is 3.17. The summed E-state index contributed by atoms with van der Waals surface area (Å²) in [4.78, 5) is 35.2. The first-order valence-corrected chi connectivity index (χ1v) is 9.45. The number of benzene rings is 1. The van der Waals surface area contributed by atoms with E-state index >= 15 is 0 Å². The molecule has 0 saturated carbocycles. The van der Waals surface area contributed by atoms with Gasteiger partial charge in [0, 0.05) is 11.4 Å². The molecular weight excluding hydrogens is 415 g/mol. The van der Waals surface area contributed by atoms with Crippen molar-refractivity contribution in [2.45, 2.75) is 12.8 Å². The summed E-state index contributed by atoms with van der Waals surface area (Å²) in [6.07, 6.45) is 0.453. The Balaban J connectivity index is 1.57. The molecule has 1 heterocycles. The third kappa shape index (κ3) is 7.46. The van der Waals surface area contributed by atoms with Gasteiger partial charge in [0.25, 0.3) is 11.8 Å². The van der Waals surface area contributed by atoms with Crippen molar-refractivity contribution >= 4 is 52.3 Å². The van der Waals surface area contributed by atoms with Crippen molar-refractivity contribution in [3.8, 4) is 5.75 Å². The number of hydrogen-bond donors (Lipinski definition) is 2. The monoisotopic (exact) mass is 430 g/mol. The number of thiophene rings is 1. The van der Waals surface area contributed by atoms with E-state index in [1.807, 2.05) is 0 Å². The molecule has 0 fully saturated rings. The Morgan fingerprint density at radius 1 is 1.11 bits per heavy atom. The van der Waals surface area contributed by atoms with Crippen LogP contribution in [0.1, 0.15) is 22.5 Å². The van der Waals surface area contributed by atoms with Crippen molar-refractivity contribution in [2.24, 2.45) is 0 Å². The SMILES string of the molecule is O=C(COC(=O)CCCOc1ccc(Cl)cc1Cl)NNC(=O)c1cccs1. The van der Waals surface area contributed by atoms with Crippen LogP contribution in [0.2, 0.25) is 10.0 Å². The first-order chi connectivity index (χ1) is 13.0. The highest BCUT2D eigenvalue weighted by molar-refractivity contribution is 7.12. The molecule has 2 N–H and O–H groups in total. The molecule has 2 rings (SSSR count). The van der Waals surface area contributed by atoms with Gasteiger partial charge in [0.15, 0.2) is 6.61 Å². The molecule has 2 aromatic rings. The molecule has 1 aromatic heterocycles. The van der Waals surface area contributed by atoms with Gasteiger partial charge in [0.05, 0.1) is 16.5 Å². The molecule has 0 atom stereocenters. The van der Waals surface area contributed by atoms with E-state index in [0.29, 0.717) is 27.1 Å². The fourth-order valence-corrected chi connectivity index (χ4v) is 2.92. The van der Waals surface area contributed by atoms with Gasteiger partial charge in [0.1, 0.15) is 5.75 Å². The third-order valence-corrected chi connectivity index (χ3v) is 4.50. The van der Waals surface area contributed by atoms with Crippen LogP contribution in [0, 0.1) is 0 Å². The number of carbonyl (C=O) groups excluding carboxylic acids is 3. The van der Waals surface area contributed by atoms with Gasteiger partial charge in [-0.25, -0.2) is 0 Å². The maximum Gasteiger partial charge on any atom is 0.306 e. The minimum atomic E-state index is -0.641. The van der Waals surface area contributed by atoms with Crippen molar-refractivity contribution in [3.63, 3.8) is 0 Å². The predicted molar refractivity (Wildman–Crippen MR) is 102 cm³/mol. The molecule has 0 aliphatic rings. The van der Waals surface area contributed by atoms with Crippen LogP contribution < -0.4 is 15.6 Å². The lowest BCUT2D eigenvalue weighted by Gasteiger charge is -2.09. The second kappa shape index (κ2) is 10.8. The van der Waals surface area contributed by atoms with Gasteiger partial charge < -0.3 is 9.47 Å². The lowest BCUT2D eigenvalue weighted by Crippen LogP contribution is -2.43. The summed E-state index contributed by atoms with van der Waals surface area (Å²) in [6, 6.07) is 8.17. The molecule has 27 heavy (non-hydrogen) atoms. The fourth-order valence-electron chi connectivity index (χ4n) is 1.84. The normalized spacial score (nSPS) is 10.1. The van der Waals surface area contributed by atoms with E-state index in [-0.39, 0.29) is 13.0 Å². The van der Waals surface area contributed by atoms with Gasteiger partial charge >= 0.3 is 5.97 Å². The van der Waals surface area contributed by atoms with Crippen LogP contribution in [-0.2, 0) is 14.3 Å². The van der Waals surface area contributed by atoms with Gasteiger partial charge in [-0.05, 0) is 36.1 Å². The Hall–Kier alpha value is -2.29. The van der Waals surface area contributed by atoms with E-state index in [1.165, 1.54) is 11.3 Å². The molecule has 10 heteroatoms. The highest BCUT2D eigenvalue weighted by atomic mass is 35.5. The average molecular weight is 431 g/mol. The molecule has 0 radical (unpaired) electrons. The largest absolute Gasteiger partial charge is 0.492 e. The number of halogens is 2. The molecule has 144 valence electrons. The van der Waals surface area contributed by atoms with Crippen LogP contribution in [0.5, 0.6) is 5.75 Å². The number of nitrogens with one attached hydrogen (secondary N) is 2. The van der Waals surface area contributed by atoms with E-state index in [0.717, 1.165) is 0 Å². The lowest BCUT2D eigenvalue weighted by molar-refractivity contribution is -0.148. The molecule has 0 bridgehead atoms. The highest BCUT2D eigenvalue weighted by Gasteiger charge is 2.10. The molecule has 0 spiro atoms. The summed E-state index contributed by atoms with van der Waals surface area (Å²) in [7, 11) is 0. The van der Waals surface area contributed by atoms with Crippen LogP contribution in [0.4, 0.5) is 0 Å². The number of carbonyl (C=O) groups is 3.